The third kappa shape index (κ3) is 4.10. The summed E-state index contributed by atoms with van der Waals surface area (Å²) in [4.78, 5) is 12.9. The molecule has 1 aliphatic carbocycles. The van der Waals surface area contributed by atoms with E-state index in [4.69, 9.17) is 4.42 Å². The molecule has 1 heterocycles. The molecular weight excluding hydrogens is 298 g/mol. The number of carbonyl (C=O) groups is 1. The molecule has 1 aromatic carbocycles. The molecule has 0 unspecified atom stereocenters. The average Bonchev–Trinajstić information content (AvgIpc) is 3.24. The lowest BCUT2D eigenvalue weighted by molar-refractivity contribution is -0.117. The van der Waals surface area contributed by atoms with Crippen LogP contribution in [0.25, 0.3) is 0 Å². The van der Waals surface area contributed by atoms with Crippen molar-refractivity contribution in [3.05, 3.63) is 35.7 Å². The van der Waals surface area contributed by atoms with Gasteiger partial charge in [-0.2, -0.15) is 0 Å². The van der Waals surface area contributed by atoms with Crippen LogP contribution in [-0.2, 0) is 11.2 Å². The van der Waals surface area contributed by atoms with Crippen LogP contribution in [0.15, 0.2) is 33.6 Å². The lowest BCUT2D eigenvalue weighted by Gasteiger charge is -2.05. The monoisotopic (exact) mass is 317 g/mol. The van der Waals surface area contributed by atoms with Crippen LogP contribution in [0.2, 0.25) is 0 Å². The van der Waals surface area contributed by atoms with Gasteiger partial charge in [-0.1, -0.05) is 31.1 Å². The van der Waals surface area contributed by atoms with Crippen LogP contribution in [0.5, 0.6) is 0 Å². The summed E-state index contributed by atoms with van der Waals surface area (Å²) in [6.07, 6.45) is 2.47. The highest BCUT2D eigenvalue weighted by Gasteiger charge is 2.30. The van der Waals surface area contributed by atoms with E-state index < -0.39 is 0 Å². The van der Waals surface area contributed by atoms with Crippen molar-refractivity contribution in [2.24, 2.45) is 5.92 Å². The summed E-state index contributed by atoms with van der Waals surface area (Å²) in [5.41, 5.74) is 1.11. The van der Waals surface area contributed by atoms with E-state index in [1.54, 1.807) is 0 Å². The number of amides is 1. The fourth-order valence-corrected chi connectivity index (χ4v) is 2.90. The summed E-state index contributed by atoms with van der Waals surface area (Å²) in [6.45, 7) is 4.35. The molecule has 1 amide bonds. The Bertz CT molecular complexity index is 648. The Morgan fingerprint density at radius 3 is 2.68 bits per heavy atom. The Kier molecular flexibility index (Phi) is 4.47. The van der Waals surface area contributed by atoms with E-state index in [9.17, 15) is 4.79 Å². The second-order valence-corrected chi connectivity index (χ2v) is 7.40. The molecule has 3 rings (SSSR count). The van der Waals surface area contributed by atoms with E-state index in [2.05, 4.69) is 53.6 Å². The predicted octanol–water partition coefficient (Wildman–Crippen LogP) is 3.51. The summed E-state index contributed by atoms with van der Waals surface area (Å²) in [7, 11) is 0. The van der Waals surface area contributed by atoms with E-state index in [0.717, 1.165) is 18.4 Å². The topological polar surface area (TPSA) is 68.0 Å². The first kappa shape index (κ1) is 15.1. The van der Waals surface area contributed by atoms with Gasteiger partial charge in [0.25, 0.3) is 0 Å². The third-order valence-corrected chi connectivity index (χ3v) is 4.31. The summed E-state index contributed by atoms with van der Waals surface area (Å²) in [6, 6.07) is 8.53. The molecule has 22 heavy (non-hydrogen) atoms. The zero-order valence-electron chi connectivity index (χ0n) is 12.7. The number of benzene rings is 1. The first-order valence-electron chi connectivity index (χ1n) is 7.49. The molecule has 0 bridgehead atoms. The van der Waals surface area contributed by atoms with Gasteiger partial charge in [-0.15, -0.1) is 16.9 Å². The van der Waals surface area contributed by atoms with Crippen LogP contribution >= 0.6 is 11.8 Å². The summed E-state index contributed by atoms with van der Waals surface area (Å²) < 4.78 is 5.47. The van der Waals surface area contributed by atoms with Crippen molar-refractivity contribution in [3.63, 3.8) is 0 Å². The molecule has 116 valence electrons. The van der Waals surface area contributed by atoms with Gasteiger partial charge in [-0.05, 0) is 30.5 Å². The number of anilines is 1. The molecule has 0 radical (unpaired) electrons. The summed E-state index contributed by atoms with van der Waals surface area (Å²) in [5.74, 6) is 0.613. The number of nitrogens with one attached hydrogen (secondary N) is 1. The molecule has 1 fully saturated rings. The van der Waals surface area contributed by atoms with Gasteiger partial charge >= 0.3 is 6.01 Å². The molecule has 1 aromatic heterocycles. The average molecular weight is 317 g/mol. The van der Waals surface area contributed by atoms with Crippen molar-refractivity contribution in [2.75, 3.05) is 5.32 Å². The SMILES string of the molecule is CC(C)Sc1ccc(Cc2nnc(NC(=O)C3CC3)o2)cc1. The van der Waals surface area contributed by atoms with Gasteiger partial charge in [-0.3, -0.25) is 10.1 Å². The van der Waals surface area contributed by atoms with Crippen molar-refractivity contribution < 1.29 is 9.21 Å². The van der Waals surface area contributed by atoms with Crippen molar-refractivity contribution in [1.29, 1.82) is 0 Å². The Morgan fingerprint density at radius 2 is 2.05 bits per heavy atom. The van der Waals surface area contributed by atoms with Gasteiger partial charge in [0.1, 0.15) is 0 Å². The maximum Gasteiger partial charge on any atom is 0.322 e. The number of hydrogen-bond donors (Lipinski definition) is 1. The minimum absolute atomic E-state index is 0.0229. The molecule has 1 saturated carbocycles. The smallest absolute Gasteiger partial charge is 0.322 e. The quantitative estimate of drug-likeness (QED) is 0.826. The Balaban J connectivity index is 1.58. The normalized spacial score (nSPS) is 14.3. The fraction of sp³-hybridized carbons (Fsp3) is 0.438. The van der Waals surface area contributed by atoms with Crippen molar-refractivity contribution >= 4 is 23.7 Å². The van der Waals surface area contributed by atoms with Crippen LogP contribution in [0, 0.1) is 5.92 Å². The highest BCUT2D eigenvalue weighted by atomic mass is 32.2. The Morgan fingerprint density at radius 1 is 1.32 bits per heavy atom. The number of thioether (sulfide) groups is 1. The largest absolute Gasteiger partial charge is 0.407 e. The lowest BCUT2D eigenvalue weighted by Crippen LogP contribution is -2.13. The van der Waals surface area contributed by atoms with E-state index in [1.165, 1.54) is 4.90 Å². The summed E-state index contributed by atoms with van der Waals surface area (Å²) in [5, 5.41) is 11.1. The van der Waals surface area contributed by atoms with E-state index in [1.807, 2.05) is 11.8 Å². The molecule has 0 atom stereocenters. The molecule has 0 spiro atoms. The summed E-state index contributed by atoms with van der Waals surface area (Å²) >= 11 is 1.83. The number of aromatic nitrogens is 2. The Hall–Kier alpha value is -1.82. The number of nitrogens with zero attached hydrogens (tertiary/aromatic N) is 2. The second kappa shape index (κ2) is 6.52. The molecule has 6 heteroatoms. The highest BCUT2D eigenvalue weighted by molar-refractivity contribution is 7.99. The van der Waals surface area contributed by atoms with Crippen LogP contribution in [-0.4, -0.2) is 21.4 Å². The van der Waals surface area contributed by atoms with Gasteiger partial charge in [0.05, 0.1) is 6.42 Å². The first-order chi connectivity index (χ1) is 10.6. The van der Waals surface area contributed by atoms with E-state index >= 15 is 0 Å². The lowest BCUT2D eigenvalue weighted by atomic mass is 10.1. The van der Waals surface area contributed by atoms with Crippen molar-refractivity contribution in [1.82, 2.24) is 10.2 Å². The second-order valence-electron chi connectivity index (χ2n) is 5.75. The van der Waals surface area contributed by atoms with Gasteiger partial charge in [0.2, 0.25) is 11.8 Å². The van der Waals surface area contributed by atoms with E-state index in [-0.39, 0.29) is 17.8 Å². The third-order valence-electron chi connectivity index (χ3n) is 3.30. The van der Waals surface area contributed by atoms with Gasteiger partial charge in [0.15, 0.2) is 0 Å². The minimum atomic E-state index is -0.0229. The van der Waals surface area contributed by atoms with Gasteiger partial charge in [0, 0.05) is 16.1 Å². The molecule has 2 aromatic rings. The van der Waals surface area contributed by atoms with Crippen LogP contribution in [0.1, 0.15) is 38.1 Å². The molecule has 1 aliphatic rings. The standard InChI is InChI=1S/C16H19N3O2S/c1-10(2)22-13-7-3-11(4-8-13)9-14-18-19-16(21-14)17-15(20)12-5-6-12/h3-4,7-8,10,12H,5-6,9H2,1-2H3,(H,17,19,20). The van der Waals surface area contributed by atoms with E-state index in [0.29, 0.717) is 17.6 Å². The maximum absolute atomic E-state index is 11.6. The zero-order valence-corrected chi connectivity index (χ0v) is 13.5. The van der Waals surface area contributed by atoms with Crippen molar-refractivity contribution in [2.45, 2.75) is 43.3 Å². The minimum Gasteiger partial charge on any atom is -0.407 e. The van der Waals surface area contributed by atoms with Crippen molar-refractivity contribution in [3.8, 4) is 0 Å². The molecule has 1 N–H and O–H groups in total. The van der Waals surface area contributed by atoms with Crippen LogP contribution in [0.4, 0.5) is 6.01 Å². The molecular formula is C16H19N3O2S. The number of carbonyl (C=O) groups excluding carboxylic acids is 1. The van der Waals surface area contributed by atoms with Gasteiger partial charge < -0.3 is 4.42 Å². The zero-order chi connectivity index (χ0) is 15.5. The van der Waals surface area contributed by atoms with Gasteiger partial charge in [-0.25, -0.2) is 0 Å². The predicted molar refractivity (Wildman–Crippen MR) is 85.9 cm³/mol. The van der Waals surface area contributed by atoms with Crippen LogP contribution in [0.3, 0.4) is 0 Å². The fourth-order valence-electron chi connectivity index (χ4n) is 2.06. The Labute approximate surface area is 133 Å². The molecule has 0 saturated heterocycles. The maximum atomic E-state index is 11.6. The number of rotatable bonds is 6. The molecule has 5 nitrogen and oxygen atoms in total. The number of hydrogen-bond acceptors (Lipinski definition) is 5. The first-order valence-corrected chi connectivity index (χ1v) is 8.37. The van der Waals surface area contributed by atoms with Crippen LogP contribution < -0.4 is 5.32 Å². The molecule has 0 aliphatic heterocycles. The highest BCUT2D eigenvalue weighted by Crippen LogP contribution is 2.30.